The van der Waals surface area contributed by atoms with Crippen LogP contribution in [0, 0.1) is 0 Å². The van der Waals surface area contributed by atoms with Gasteiger partial charge in [0.1, 0.15) is 0 Å². The Morgan fingerprint density at radius 2 is 2.00 bits per heavy atom. The molecule has 0 aliphatic carbocycles. The van der Waals surface area contributed by atoms with E-state index in [9.17, 15) is 0 Å². The first-order chi connectivity index (χ1) is 10.6. The van der Waals surface area contributed by atoms with Gasteiger partial charge < -0.3 is 15.2 Å². The predicted octanol–water partition coefficient (Wildman–Crippen LogP) is 3.12. The summed E-state index contributed by atoms with van der Waals surface area (Å²) in [4.78, 5) is 1.69. The largest absolute Gasteiger partial charge is 0.368 e. The molecule has 2 aromatic rings. The molecule has 2 rings (SSSR count). The van der Waals surface area contributed by atoms with E-state index in [1.165, 1.54) is 0 Å². The van der Waals surface area contributed by atoms with E-state index in [1.807, 2.05) is 62.8 Å². The fourth-order valence-electron chi connectivity index (χ4n) is 1.76. The maximum Gasteiger partial charge on any atom is 0.215 e. The molecular weight excluding hydrogens is 342 g/mol. The fraction of sp³-hybridized carbons (Fsp3) is 0.125. The lowest BCUT2D eigenvalue weighted by Gasteiger charge is -2.08. The van der Waals surface area contributed by atoms with Gasteiger partial charge in [-0.05, 0) is 52.3 Å². The molecule has 22 heavy (non-hydrogen) atoms. The van der Waals surface area contributed by atoms with Gasteiger partial charge in [0.15, 0.2) is 0 Å². The van der Waals surface area contributed by atoms with Crippen LogP contribution >= 0.6 is 15.9 Å². The summed E-state index contributed by atoms with van der Waals surface area (Å²) >= 11 is 3.57. The summed E-state index contributed by atoms with van der Waals surface area (Å²) in [5.74, 6) is 0.362. The molecule has 0 aliphatic heterocycles. The first kappa shape index (κ1) is 16.0. The molecule has 1 heterocycles. The van der Waals surface area contributed by atoms with Crippen molar-refractivity contribution in [1.82, 2.24) is 9.47 Å². The smallest absolute Gasteiger partial charge is 0.215 e. The van der Waals surface area contributed by atoms with Crippen LogP contribution in [0.25, 0.3) is 11.8 Å². The molecule has 6 heteroatoms. The summed E-state index contributed by atoms with van der Waals surface area (Å²) in [6.07, 6.45) is 7.41. The number of hydrogen-bond acceptors (Lipinski definition) is 2. The highest BCUT2D eigenvalue weighted by molar-refractivity contribution is 9.10. The standard InChI is InChI=1S/C16H18BrN5/c1-21(2)16(18)20-19-11-5-7-13-8-6-12-22(13)15-10-4-3-9-14(15)17/h3-12H,1-2H3,(H2,18,20)/b7-5+,19-11+. The Morgan fingerprint density at radius 3 is 2.73 bits per heavy atom. The average Bonchev–Trinajstić information content (AvgIpc) is 2.95. The molecule has 1 aromatic carbocycles. The van der Waals surface area contributed by atoms with E-state index in [0.717, 1.165) is 15.9 Å². The first-order valence-electron chi connectivity index (χ1n) is 6.72. The molecular formula is C16H18BrN5. The van der Waals surface area contributed by atoms with Crippen LogP contribution in [-0.2, 0) is 0 Å². The van der Waals surface area contributed by atoms with Crippen LogP contribution in [0.15, 0.2) is 63.3 Å². The van der Waals surface area contributed by atoms with Crippen molar-refractivity contribution in [2.24, 2.45) is 15.9 Å². The SMILES string of the molecule is CN(C)/C(N)=N/N=C/C=C/c1cccn1-c1ccccc1Br. The van der Waals surface area contributed by atoms with Gasteiger partial charge in [-0.25, -0.2) is 0 Å². The van der Waals surface area contributed by atoms with Crippen molar-refractivity contribution in [3.8, 4) is 5.69 Å². The van der Waals surface area contributed by atoms with E-state index in [-0.39, 0.29) is 0 Å². The minimum absolute atomic E-state index is 0.362. The first-order valence-corrected chi connectivity index (χ1v) is 7.51. The third-order valence-corrected chi connectivity index (χ3v) is 3.60. The molecule has 0 bridgehead atoms. The molecule has 114 valence electrons. The quantitative estimate of drug-likeness (QED) is 0.517. The number of nitrogens with zero attached hydrogens (tertiary/aromatic N) is 4. The number of nitrogens with two attached hydrogens (primary N) is 1. The zero-order chi connectivity index (χ0) is 15.9. The van der Waals surface area contributed by atoms with Crippen LogP contribution in [0.3, 0.4) is 0 Å². The highest BCUT2D eigenvalue weighted by Crippen LogP contribution is 2.22. The molecule has 0 saturated carbocycles. The van der Waals surface area contributed by atoms with E-state index in [0.29, 0.717) is 5.96 Å². The molecule has 0 fully saturated rings. The number of halogens is 1. The lowest BCUT2D eigenvalue weighted by atomic mass is 10.3. The predicted molar refractivity (Wildman–Crippen MR) is 96.3 cm³/mol. The molecule has 0 radical (unpaired) electrons. The van der Waals surface area contributed by atoms with Gasteiger partial charge in [0.05, 0.1) is 5.69 Å². The van der Waals surface area contributed by atoms with Crippen LogP contribution in [0.2, 0.25) is 0 Å². The maximum atomic E-state index is 5.64. The molecule has 0 unspecified atom stereocenters. The Hall–Kier alpha value is -2.34. The van der Waals surface area contributed by atoms with E-state index in [1.54, 1.807) is 11.1 Å². The highest BCUT2D eigenvalue weighted by Gasteiger charge is 2.03. The second-order valence-corrected chi connectivity index (χ2v) is 5.59. The number of para-hydroxylation sites is 1. The van der Waals surface area contributed by atoms with Gasteiger partial charge in [0, 0.05) is 36.7 Å². The van der Waals surface area contributed by atoms with Gasteiger partial charge in [0.2, 0.25) is 5.96 Å². The molecule has 1 aromatic heterocycles. The Kier molecular flexibility index (Phi) is 5.55. The Bertz CT molecular complexity index is 713. The third kappa shape index (κ3) is 4.08. The van der Waals surface area contributed by atoms with Crippen molar-refractivity contribution in [3.05, 3.63) is 58.8 Å². The van der Waals surface area contributed by atoms with Gasteiger partial charge in [0.25, 0.3) is 0 Å². The number of aromatic nitrogens is 1. The normalized spacial score (nSPS) is 12.4. The van der Waals surface area contributed by atoms with Crippen molar-refractivity contribution >= 4 is 34.2 Å². The van der Waals surface area contributed by atoms with Gasteiger partial charge in [-0.1, -0.05) is 12.1 Å². The summed E-state index contributed by atoms with van der Waals surface area (Å²) in [7, 11) is 3.63. The van der Waals surface area contributed by atoms with Gasteiger partial charge in [-0.2, -0.15) is 5.10 Å². The summed E-state index contributed by atoms with van der Waals surface area (Å²) in [5.41, 5.74) is 7.77. The fourth-order valence-corrected chi connectivity index (χ4v) is 2.23. The maximum absolute atomic E-state index is 5.64. The molecule has 0 atom stereocenters. The van der Waals surface area contributed by atoms with Crippen molar-refractivity contribution < 1.29 is 0 Å². The van der Waals surface area contributed by atoms with Crippen molar-refractivity contribution in [1.29, 1.82) is 0 Å². The van der Waals surface area contributed by atoms with Crippen LogP contribution in [0.1, 0.15) is 5.69 Å². The van der Waals surface area contributed by atoms with Crippen molar-refractivity contribution in [2.75, 3.05) is 14.1 Å². The van der Waals surface area contributed by atoms with Gasteiger partial charge in [-0.3, -0.25) is 0 Å². The van der Waals surface area contributed by atoms with E-state index in [4.69, 9.17) is 5.73 Å². The number of hydrogen-bond donors (Lipinski definition) is 1. The van der Waals surface area contributed by atoms with Crippen LogP contribution in [0.5, 0.6) is 0 Å². The lowest BCUT2D eigenvalue weighted by Crippen LogP contribution is -2.29. The molecule has 0 aliphatic rings. The summed E-state index contributed by atoms with van der Waals surface area (Å²) in [6, 6.07) is 12.1. The minimum atomic E-state index is 0.362. The number of guanidine groups is 1. The Morgan fingerprint density at radius 1 is 1.23 bits per heavy atom. The third-order valence-electron chi connectivity index (χ3n) is 2.93. The molecule has 0 amide bonds. The Labute approximate surface area is 138 Å². The molecule has 5 nitrogen and oxygen atoms in total. The lowest BCUT2D eigenvalue weighted by molar-refractivity contribution is 0.611. The summed E-state index contributed by atoms with van der Waals surface area (Å²) in [6.45, 7) is 0. The second-order valence-electron chi connectivity index (χ2n) is 4.73. The Balaban J connectivity index is 2.14. The number of rotatable bonds is 4. The molecule has 2 N–H and O–H groups in total. The van der Waals surface area contributed by atoms with Gasteiger partial charge >= 0.3 is 0 Å². The zero-order valence-electron chi connectivity index (χ0n) is 12.5. The van der Waals surface area contributed by atoms with Crippen molar-refractivity contribution in [3.63, 3.8) is 0 Å². The summed E-state index contributed by atoms with van der Waals surface area (Å²) in [5, 5.41) is 7.76. The highest BCUT2D eigenvalue weighted by atomic mass is 79.9. The number of benzene rings is 1. The van der Waals surface area contributed by atoms with Crippen LogP contribution in [0.4, 0.5) is 0 Å². The number of allylic oxidation sites excluding steroid dienone is 1. The topological polar surface area (TPSA) is 58.9 Å². The molecule has 0 saturated heterocycles. The molecule has 0 spiro atoms. The monoisotopic (exact) mass is 359 g/mol. The van der Waals surface area contributed by atoms with Gasteiger partial charge in [-0.15, -0.1) is 5.10 Å². The van der Waals surface area contributed by atoms with E-state index in [2.05, 4.69) is 36.8 Å². The van der Waals surface area contributed by atoms with E-state index < -0.39 is 0 Å². The minimum Gasteiger partial charge on any atom is -0.368 e. The van der Waals surface area contributed by atoms with Crippen LogP contribution < -0.4 is 5.73 Å². The summed E-state index contributed by atoms with van der Waals surface area (Å²) < 4.78 is 3.13. The van der Waals surface area contributed by atoms with Crippen LogP contribution in [-0.4, -0.2) is 35.7 Å². The van der Waals surface area contributed by atoms with Crippen molar-refractivity contribution in [2.45, 2.75) is 0 Å². The average molecular weight is 360 g/mol. The van der Waals surface area contributed by atoms with E-state index >= 15 is 0 Å². The zero-order valence-corrected chi connectivity index (χ0v) is 14.1. The second kappa shape index (κ2) is 7.61.